The third-order valence-corrected chi connectivity index (χ3v) is 3.99. The Balaban J connectivity index is 4.67. The fourth-order valence-corrected chi connectivity index (χ4v) is 3.02. The lowest BCUT2D eigenvalue weighted by atomic mass is 10.9. The van der Waals surface area contributed by atoms with E-state index in [0.717, 1.165) is 0 Å². The number of ether oxygens (including phenoxy) is 1. The lowest BCUT2D eigenvalue weighted by molar-refractivity contribution is 0.0261. The molecule has 14 heavy (non-hydrogen) atoms. The monoisotopic (exact) mass is 225 g/mol. The molecule has 0 aromatic rings. The predicted molar refractivity (Wildman–Crippen MR) is 55.3 cm³/mol. The molecule has 0 saturated carbocycles. The molecule has 0 bridgehead atoms. The number of hydrogen-bond donors (Lipinski definition) is 0. The first-order valence-electron chi connectivity index (χ1n) is 4.59. The highest BCUT2D eigenvalue weighted by Crippen LogP contribution is 2.53. The normalized spacial score (nSPS) is 14.7. The van der Waals surface area contributed by atoms with Crippen molar-refractivity contribution in [2.24, 2.45) is 0 Å². The highest BCUT2D eigenvalue weighted by Gasteiger charge is 2.37. The fraction of sp³-hybridized carbons (Fsp3) is 1.00. The molecule has 0 spiro atoms. The Morgan fingerprint density at radius 3 is 1.86 bits per heavy atom. The van der Waals surface area contributed by atoms with E-state index in [-0.39, 0.29) is 0 Å². The van der Waals surface area contributed by atoms with Gasteiger partial charge in [-0.25, -0.2) is 0 Å². The van der Waals surface area contributed by atoms with Crippen LogP contribution in [0.5, 0.6) is 0 Å². The maximum absolute atomic E-state index is 12.2. The van der Waals surface area contributed by atoms with E-state index in [1.165, 1.54) is 7.11 Å². The van der Waals surface area contributed by atoms with Crippen LogP contribution in [0.25, 0.3) is 0 Å². The van der Waals surface area contributed by atoms with Gasteiger partial charge in [-0.15, -0.1) is 0 Å². The van der Waals surface area contributed by atoms with E-state index in [0.29, 0.717) is 13.2 Å². The molecule has 0 aromatic carbocycles. The zero-order valence-electron chi connectivity index (χ0n) is 9.52. The van der Waals surface area contributed by atoms with Gasteiger partial charge >= 0.3 is 7.60 Å². The van der Waals surface area contributed by atoms with Crippen LogP contribution in [0.4, 0.5) is 0 Å². The highest BCUT2D eigenvalue weighted by molar-refractivity contribution is 7.54. The summed E-state index contributed by atoms with van der Waals surface area (Å²) in [5, 5.41) is 0. The van der Waals surface area contributed by atoms with Crippen LogP contribution in [0.3, 0.4) is 0 Å². The van der Waals surface area contributed by atoms with E-state index >= 15 is 0 Å². The number of hydrogen-bond acceptors (Lipinski definition) is 5. The number of rotatable bonds is 7. The molecule has 5 nitrogen and oxygen atoms in total. The van der Waals surface area contributed by atoms with E-state index in [2.05, 4.69) is 0 Å². The minimum Gasteiger partial charge on any atom is -0.355 e. The molecule has 0 aliphatic rings. The molecule has 1 unspecified atom stereocenters. The summed E-state index contributed by atoms with van der Waals surface area (Å²) < 4.78 is 27.6. The highest BCUT2D eigenvalue weighted by atomic mass is 31.2. The molecule has 0 amide bonds. The average Bonchev–Trinajstić information content (AvgIpc) is 2.04. The Morgan fingerprint density at radius 2 is 1.64 bits per heavy atom. The summed E-state index contributed by atoms with van der Waals surface area (Å²) in [6, 6.07) is 0. The van der Waals surface area contributed by atoms with Gasteiger partial charge < -0.3 is 13.8 Å². The summed E-state index contributed by atoms with van der Waals surface area (Å²) in [7, 11) is 1.83. The van der Waals surface area contributed by atoms with Gasteiger partial charge in [0.1, 0.15) is 0 Å². The third-order valence-electron chi connectivity index (χ3n) is 1.54. The molecule has 0 aliphatic carbocycles. The summed E-state index contributed by atoms with van der Waals surface area (Å²) in [5.74, 6) is -0.651. The largest absolute Gasteiger partial charge is 0.374 e. The van der Waals surface area contributed by atoms with Gasteiger partial charge in [0.2, 0.25) is 5.97 Å². The van der Waals surface area contributed by atoms with E-state index in [4.69, 9.17) is 13.8 Å². The Labute approximate surface area is 85.9 Å². The van der Waals surface area contributed by atoms with Crippen LogP contribution in [0.15, 0.2) is 0 Å². The summed E-state index contributed by atoms with van der Waals surface area (Å²) in [6.45, 7) is 4.22. The van der Waals surface area contributed by atoms with Crippen molar-refractivity contribution in [3.63, 3.8) is 0 Å². The number of methoxy groups -OCH3 is 1. The molecule has 0 rings (SSSR count). The second kappa shape index (κ2) is 6.53. The van der Waals surface area contributed by atoms with Crippen molar-refractivity contribution >= 4 is 7.60 Å². The molecule has 0 aliphatic heterocycles. The van der Waals surface area contributed by atoms with Gasteiger partial charge in [0, 0.05) is 7.11 Å². The van der Waals surface area contributed by atoms with Crippen molar-refractivity contribution in [3.8, 4) is 0 Å². The topological polar surface area (TPSA) is 48.0 Å². The predicted octanol–water partition coefficient (Wildman–Crippen LogP) is 1.74. The van der Waals surface area contributed by atoms with Crippen molar-refractivity contribution in [3.05, 3.63) is 0 Å². The standard InChI is InChI=1S/C8H20NO4P/c1-6-12-14(10,13-7-2)8(11-5)9(3)4/h8H,6-7H2,1-5H3. The Morgan fingerprint density at radius 1 is 1.21 bits per heavy atom. The molecule has 0 radical (unpaired) electrons. The summed E-state index contributed by atoms with van der Waals surface area (Å²) in [4.78, 5) is 1.67. The van der Waals surface area contributed by atoms with Crippen molar-refractivity contribution in [1.29, 1.82) is 0 Å². The van der Waals surface area contributed by atoms with Crippen molar-refractivity contribution in [2.45, 2.75) is 19.8 Å². The van der Waals surface area contributed by atoms with Gasteiger partial charge in [0.25, 0.3) is 0 Å². The second-order valence-electron chi connectivity index (χ2n) is 2.90. The molecule has 6 heteroatoms. The Bertz CT molecular complexity index is 188. The first kappa shape index (κ1) is 14.1. The maximum Gasteiger partial charge on any atom is 0.374 e. The minimum absolute atomic E-state index is 0.338. The Hall–Kier alpha value is 0.0700. The third kappa shape index (κ3) is 3.67. The fourth-order valence-electron chi connectivity index (χ4n) is 1.15. The van der Waals surface area contributed by atoms with Gasteiger partial charge in [-0.1, -0.05) is 0 Å². The molecule has 1 atom stereocenters. The first-order valence-corrected chi connectivity index (χ1v) is 6.21. The number of nitrogens with zero attached hydrogens (tertiary/aromatic N) is 1. The van der Waals surface area contributed by atoms with E-state index in [1.54, 1.807) is 32.8 Å². The van der Waals surface area contributed by atoms with Crippen LogP contribution in [0.2, 0.25) is 0 Å². The lowest BCUT2D eigenvalue weighted by Crippen LogP contribution is -2.31. The molecule has 0 saturated heterocycles. The lowest BCUT2D eigenvalue weighted by Gasteiger charge is -2.29. The van der Waals surface area contributed by atoms with E-state index in [9.17, 15) is 4.57 Å². The molecule has 0 N–H and O–H groups in total. The van der Waals surface area contributed by atoms with Crippen molar-refractivity contribution in [2.75, 3.05) is 34.4 Å². The quantitative estimate of drug-likeness (QED) is 0.488. The van der Waals surface area contributed by atoms with Crippen LogP contribution in [-0.4, -0.2) is 45.3 Å². The van der Waals surface area contributed by atoms with Gasteiger partial charge in [0.05, 0.1) is 13.2 Å². The molecule has 0 aromatic heterocycles. The maximum atomic E-state index is 12.2. The summed E-state index contributed by atoms with van der Waals surface area (Å²) in [5.41, 5.74) is 0. The minimum atomic E-state index is -3.18. The van der Waals surface area contributed by atoms with Gasteiger partial charge in [0.15, 0.2) is 0 Å². The van der Waals surface area contributed by atoms with E-state index < -0.39 is 13.6 Å². The molecule has 0 fully saturated rings. The SMILES string of the molecule is CCOP(=O)(OCC)C(OC)N(C)C. The van der Waals surface area contributed by atoms with Crippen molar-refractivity contribution in [1.82, 2.24) is 4.90 Å². The molecular weight excluding hydrogens is 205 g/mol. The van der Waals surface area contributed by atoms with E-state index in [1.807, 2.05) is 0 Å². The Kier molecular flexibility index (Phi) is 6.57. The van der Waals surface area contributed by atoms with Crippen LogP contribution in [0.1, 0.15) is 13.8 Å². The molecular formula is C8H20NO4P. The van der Waals surface area contributed by atoms with Crippen LogP contribution >= 0.6 is 7.60 Å². The van der Waals surface area contributed by atoms with Crippen LogP contribution in [0, 0.1) is 0 Å². The van der Waals surface area contributed by atoms with Crippen LogP contribution in [-0.2, 0) is 18.3 Å². The zero-order chi connectivity index (χ0) is 11.2. The zero-order valence-corrected chi connectivity index (χ0v) is 10.4. The van der Waals surface area contributed by atoms with Gasteiger partial charge in [-0.3, -0.25) is 9.46 Å². The molecule has 86 valence electrons. The van der Waals surface area contributed by atoms with Gasteiger partial charge in [-0.05, 0) is 27.9 Å². The van der Waals surface area contributed by atoms with Crippen molar-refractivity contribution < 1.29 is 18.3 Å². The molecule has 0 heterocycles. The van der Waals surface area contributed by atoms with Crippen LogP contribution < -0.4 is 0 Å². The second-order valence-corrected chi connectivity index (χ2v) is 4.94. The van der Waals surface area contributed by atoms with Gasteiger partial charge in [-0.2, -0.15) is 0 Å². The summed E-state index contributed by atoms with van der Waals surface area (Å²) in [6.07, 6.45) is 0. The average molecular weight is 225 g/mol. The smallest absolute Gasteiger partial charge is 0.355 e. The first-order chi connectivity index (χ1) is 6.51. The summed E-state index contributed by atoms with van der Waals surface area (Å²) >= 11 is 0.